The Bertz CT molecular complexity index is 1080. The zero-order valence-electron chi connectivity index (χ0n) is 19.1. The Labute approximate surface area is 193 Å². The Morgan fingerprint density at radius 2 is 1.66 bits per heavy atom. The van der Waals surface area contributed by atoms with Crippen molar-refractivity contribution in [1.29, 1.82) is 0 Å². The van der Waals surface area contributed by atoms with Crippen molar-refractivity contribution < 1.29 is 19.4 Å². The first-order valence-electron chi connectivity index (χ1n) is 10.6. The molecule has 0 aliphatic rings. The molecule has 6 heteroatoms. The van der Waals surface area contributed by atoms with Crippen molar-refractivity contribution in [1.82, 2.24) is 0 Å². The van der Waals surface area contributed by atoms with E-state index in [9.17, 15) is 14.7 Å². The summed E-state index contributed by atoms with van der Waals surface area (Å²) in [5.41, 5.74) is 3.60. The molecule has 168 valence electrons. The predicted molar refractivity (Wildman–Crippen MR) is 130 cm³/mol. The van der Waals surface area contributed by atoms with E-state index in [1.807, 2.05) is 62.4 Å². The maximum absolute atomic E-state index is 13.2. The summed E-state index contributed by atoms with van der Waals surface area (Å²) in [5.74, 6) is -0.362. The molecule has 3 rings (SSSR count). The highest BCUT2D eigenvalue weighted by molar-refractivity contribution is 7.18. The number of hydrogen-bond donors (Lipinski definition) is 1. The van der Waals surface area contributed by atoms with Crippen LogP contribution in [0.1, 0.15) is 45.7 Å². The molecule has 0 spiro atoms. The topological polar surface area (TPSA) is 66.8 Å². The van der Waals surface area contributed by atoms with E-state index in [-0.39, 0.29) is 22.3 Å². The van der Waals surface area contributed by atoms with E-state index in [4.69, 9.17) is 4.74 Å². The average molecular weight is 452 g/mol. The van der Waals surface area contributed by atoms with Gasteiger partial charge in [0.1, 0.15) is 0 Å². The molecule has 0 radical (unpaired) electrons. The number of hydrogen-bond acceptors (Lipinski definition) is 4. The van der Waals surface area contributed by atoms with Crippen LogP contribution in [0, 0.1) is 5.92 Å². The number of carbonyl (C=O) groups is 2. The Kier molecular flexibility index (Phi) is 7.04. The van der Waals surface area contributed by atoms with Gasteiger partial charge in [-0.05, 0) is 28.2 Å². The fraction of sp³-hybridized carbons (Fsp3) is 0.308. The summed E-state index contributed by atoms with van der Waals surface area (Å²) < 4.78 is 5.10. The van der Waals surface area contributed by atoms with E-state index in [1.54, 1.807) is 4.90 Å². The van der Waals surface area contributed by atoms with Crippen LogP contribution in [0.15, 0.2) is 60.7 Å². The van der Waals surface area contributed by atoms with E-state index in [0.29, 0.717) is 12.2 Å². The lowest BCUT2D eigenvalue weighted by molar-refractivity contribution is -0.121. The molecule has 1 heterocycles. The molecule has 5 nitrogen and oxygen atoms in total. The number of ether oxygens (including phenoxy) is 1. The van der Waals surface area contributed by atoms with Gasteiger partial charge in [-0.2, -0.15) is 0 Å². The molecule has 0 bridgehead atoms. The summed E-state index contributed by atoms with van der Waals surface area (Å²) >= 11 is 1.22. The minimum absolute atomic E-state index is 0.0341. The van der Waals surface area contributed by atoms with Gasteiger partial charge in [-0.1, -0.05) is 101 Å². The average Bonchev–Trinajstić information content (AvgIpc) is 3.14. The molecule has 0 saturated heterocycles. The van der Waals surface area contributed by atoms with Gasteiger partial charge in [0.15, 0.2) is 0 Å². The normalized spacial score (nSPS) is 11.4. The first-order chi connectivity index (χ1) is 15.1. The first-order valence-corrected chi connectivity index (χ1v) is 11.4. The molecule has 0 aliphatic carbocycles. The van der Waals surface area contributed by atoms with Gasteiger partial charge in [0.25, 0.3) is 0 Å². The third-order valence-electron chi connectivity index (χ3n) is 5.13. The van der Waals surface area contributed by atoms with Crippen LogP contribution in [-0.2, 0) is 16.8 Å². The molecule has 3 aromatic rings. The van der Waals surface area contributed by atoms with Crippen LogP contribution < -0.4 is 9.64 Å². The molecule has 0 aliphatic heterocycles. The standard InChI is InChI=1S/C26H29NO4S/c1-17(2)23(28)27(16-18-11-13-20(14-12-18)26(3,4)5)21-15-22(19-9-7-6-8-10-19)32-24(21)31-25(29)30/h6-15,17H,16H2,1-5H3,(H,29,30). The van der Waals surface area contributed by atoms with Gasteiger partial charge in [-0.25, -0.2) is 4.79 Å². The van der Waals surface area contributed by atoms with Crippen LogP contribution in [0.25, 0.3) is 10.4 Å². The number of rotatable bonds is 6. The fourth-order valence-corrected chi connectivity index (χ4v) is 4.35. The van der Waals surface area contributed by atoms with Crippen molar-refractivity contribution in [2.75, 3.05) is 4.90 Å². The van der Waals surface area contributed by atoms with Crippen molar-refractivity contribution in [3.8, 4) is 15.5 Å². The molecular weight excluding hydrogens is 422 g/mol. The van der Waals surface area contributed by atoms with Crippen LogP contribution >= 0.6 is 11.3 Å². The Morgan fingerprint density at radius 1 is 1.03 bits per heavy atom. The smallest absolute Gasteiger partial charge is 0.449 e. The van der Waals surface area contributed by atoms with E-state index in [0.717, 1.165) is 16.0 Å². The minimum atomic E-state index is -1.40. The second-order valence-electron chi connectivity index (χ2n) is 9.04. The number of carboxylic acid groups (broad SMARTS) is 1. The van der Waals surface area contributed by atoms with Crippen LogP contribution in [0.5, 0.6) is 5.06 Å². The van der Waals surface area contributed by atoms with Crippen LogP contribution in [-0.4, -0.2) is 17.2 Å². The van der Waals surface area contributed by atoms with Gasteiger partial charge in [0.05, 0.1) is 12.2 Å². The molecule has 0 saturated carbocycles. The minimum Gasteiger partial charge on any atom is -0.449 e. The van der Waals surface area contributed by atoms with Crippen molar-refractivity contribution in [3.63, 3.8) is 0 Å². The second-order valence-corrected chi connectivity index (χ2v) is 10.1. The highest BCUT2D eigenvalue weighted by Crippen LogP contribution is 2.44. The lowest BCUT2D eigenvalue weighted by Gasteiger charge is -2.25. The van der Waals surface area contributed by atoms with Crippen molar-refractivity contribution >= 4 is 29.1 Å². The van der Waals surface area contributed by atoms with Gasteiger partial charge in [0, 0.05) is 10.8 Å². The number of amides is 1. The lowest BCUT2D eigenvalue weighted by atomic mass is 9.87. The summed E-state index contributed by atoms with van der Waals surface area (Å²) in [6.07, 6.45) is -1.40. The van der Waals surface area contributed by atoms with Crippen molar-refractivity contribution in [3.05, 3.63) is 71.8 Å². The highest BCUT2D eigenvalue weighted by Gasteiger charge is 2.26. The number of thiophene rings is 1. The summed E-state index contributed by atoms with van der Waals surface area (Å²) in [4.78, 5) is 27.0. The molecule has 32 heavy (non-hydrogen) atoms. The molecular formula is C26H29NO4S. The quantitative estimate of drug-likeness (QED) is 0.411. The van der Waals surface area contributed by atoms with E-state index in [2.05, 4.69) is 32.9 Å². The molecule has 2 aromatic carbocycles. The third kappa shape index (κ3) is 5.56. The van der Waals surface area contributed by atoms with Crippen LogP contribution in [0.4, 0.5) is 10.5 Å². The summed E-state index contributed by atoms with van der Waals surface area (Å²) in [7, 11) is 0. The van der Waals surface area contributed by atoms with Crippen LogP contribution in [0.3, 0.4) is 0 Å². The third-order valence-corrected chi connectivity index (χ3v) is 6.18. The number of benzene rings is 2. The molecule has 1 N–H and O–H groups in total. The maximum Gasteiger partial charge on any atom is 0.512 e. The van der Waals surface area contributed by atoms with Gasteiger partial charge in [-0.3, -0.25) is 4.79 Å². The molecule has 0 fully saturated rings. The zero-order valence-corrected chi connectivity index (χ0v) is 19.9. The second kappa shape index (κ2) is 9.57. The molecule has 0 atom stereocenters. The number of carbonyl (C=O) groups excluding carboxylic acids is 1. The van der Waals surface area contributed by atoms with Crippen LogP contribution in [0.2, 0.25) is 0 Å². The van der Waals surface area contributed by atoms with E-state index in [1.165, 1.54) is 16.9 Å². The molecule has 1 amide bonds. The first kappa shape index (κ1) is 23.5. The Morgan fingerprint density at radius 3 is 2.19 bits per heavy atom. The summed E-state index contributed by atoms with van der Waals surface area (Å²) in [5, 5.41) is 9.47. The highest BCUT2D eigenvalue weighted by atomic mass is 32.1. The van der Waals surface area contributed by atoms with E-state index >= 15 is 0 Å². The van der Waals surface area contributed by atoms with Gasteiger partial charge < -0.3 is 14.7 Å². The van der Waals surface area contributed by atoms with Crippen molar-refractivity contribution in [2.24, 2.45) is 5.92 Å². The Hall–Kier alpha value is -3.12. The predicted octanol–water partition coefficient (Wildman–Crippen LogP) is 6.96. The zero-order chi connectivity index (χ0) is 23.5. The summed E-state index contributed by atoms with van der Waals surface area (Å²) in [6, 6.07) is 19.7. The van der Waals surface area contributed by atoms with Crippen molar-refractivity contribution in [2.45, 2.75) is 46.6 Å². The number of nitrogens with zero attached hydrogens (tertiary/aromatic N) is 1. The van der Waals surface area contributed by atoms with Gasteiger partial charge >= 0.3 is 6.16 Å². The SMILES string of the molecule is CC(C)C(=O)N(Cc1ccc(C(C)(C)C)cc1)c1cc(-c2ccccc2)sc1OC(=O)O. The number of anilines is 1. The Balaban J connectivity index is 2.04. The van der Waals surface area contributed by atoms with Gasteiger partial charge in [-0.15, -0.1) is 0 Å². The molecule has 1 aromatic heterocycles. The fourth-order valence-electron chi connectivity index (χ4n) is 3.34. The maximum atomic E-state index is 13.2. The van der Waals surface area contributed by atoms with E-state index < -0.39 is 6.16 Å². The summed E-state index contributed by atoms with van der Waals surface area (Å²) in [6.45, 7) is 10.5. The van der Waals surface area contributed by atoms with Gasteiger partial charge in [0.2, 0.25) is 11.0 Å². The molecule has 0 unspecified atom stereocenters. The largest absolute Gasteiger partial charge is 0.512 e. The monoisotopic (exact) mass is 451 g/mol. The lowest BCUT2D eigenvalue weighted by Crippen LogP contribution is -2.34.